The van der Waals surface area contributed by atoms with E-state index >= 15 is 0 Å². The Balaban J connectivity index is 2.34. The molecule has 2 saturated carbocycles. The molecule has 0 amide bonds. The molecule has 2 aliphatic rings. The molecule has 0 bridgehead atoms. The van der Waals surface area contributed by atoms with Crippen molar-refractivity contribution in [2.45, 2.75) is 92.3 Å². The lowest BCUT2D eigenvalue weighted by molar-refractivity contribution is -0.186. The molecule has 3 heteroatoms. The summed E-state index contributed by atoms with van der Waals surface area (Å²) >= 11 is 0. The first kappa shape index (κ1) is 19.5. The van der Waals surface area contributed by atoms with Gasteiger partial charge in [-0.25, -0.2) is 0 Å². The van der Waals surface area contributed by atoms with Gasteiger partial charge in [-0.15, -0.1) is 0 Å². The fourth-order valence-corrected chi connectivity index (χ4v) is 6.77. The van der Waals surface area contributed by atoms with E-state index in [9.17, 15) is 5.11 Å². The van der Waals surface area contributed by atoms with Crippen LogP contribution in [-0.2, 0) is 4.43 Å². The zero-order valence-corrected chi connectivity index (χ0v) is 18.6. The van der Waals surface area contributed by atoms with Crippen molar-refractivity contribution in [3.05, 3.63) is 0 Å². The van der Waals surface area contributed by atoms with Gasteiger partial charge in [-0.05, 0) is 60.2 Å². The van der Waals surface area contributed by atoms with E-state index < -0.39 is 0 Å². The van der Waals surface area contributed by atoms with E-state index in [0.717, 1.165) is 22.8 Å². The van der Waals surface area contributed by atoms with Gasteiger partial charge in [0.25, 0.3) is 0 Å². The first-order valence-corrected chi connectivity index (χ1v) is 10.7. The van der Waals surface area contributed by atoms with Gasteiger partial charge in [0.2, 0.25) is 0 Å². The number of hydrogen-bond donors (Lipinski definition) is 1. The first-order chi connectivity index (χ1) is 10.7. The van der Waals surface area contributed by atoms with Crippen molar-refractivity contribution >= 4 is 10.5 Å². The van der Waals surface area contributed by atoms with Crippen LogP contribution in [0.25, 0.3) is 0 Å². The molecule has 0 aromatic rings. The lowest BCUT2D eigenvalue weighted by atomic mass is 9.44. The van der Waals surface area contributed by atoms with Gasteiger partial charge in [-0.2, -0.15) is 0 Å². The second kappa shape index (κ2) is 7.17. The van der Waals surface area contributed by atoms with E-state index in [4.69, 9.17) is 4.43 Å². The van der Waals surface area contributed by atoms with E-state index in [-0.39, 0.29) is 11.5 Å². The maximum atomic E-state index is 10.8. The molecule has 136 valence electrons. The molecule has 7 atom stereocenters. The lowest BCUT2D eigenvalue weighted by Gasteiger charge is -2.63. The summed E-state index contributed by atoms with van der Waals surface area (Å²) < 4.78 is 6.16. The van der Waals surface area contributed by atoms with Crippen molar-refractivity contribution in [2.75, 3.05) is 0 Å². The molecule has 0 unspecified atom stereocenters. The maximum absolute atomic E-state index is 10.8. The van der Waals surface area contributed by atoms with Gasteiger partial charge < -0.3 is 9.53 Å². The van der Waals surface area contributed by atoms with Crippen LogP contribution in [0, 0.1) is 34.5 Å². The van der Waals surface area contributed by atoms with Crippen molar-refractivity contribution < 1.29 is 9.53 Å². The molecule has 0 radical (unpaired) electrons. The number of aliphatic hydroxyl groups excluding tert-OH is 1. The first-order valence-electron chi connectivity index (χ1n) is 9.89. The summed E-state index contributed by atoms with van der Waals surface area (Å²) in [6.07, 6.45) is 7.46. The predicted octanol–water partition coefficient (Wildman–Crippen LogP) is 3.94. The molecule has 2 aliphatic carbocycles. The fourth-order valence-electron chi connectivity index (χ4n) is 6.03. The van der Waals surface area contributed by atoms with E-state index in [1.54, 1.807) is 0 Å². The molecule has 0 heterocycles. The van der Waals surface area contributed by atoms with Crippen LogP contribution in [0.15, 0.2) is 0 Å². The highest BCUT2D eigenvalue weighted by atomic mass is 28.2. The van der Waals surface area contributed by atoms with Crippen molar-refractivity contribution in [2.24, 2.45) is 34.5 Å². The SMILES string of the molecule is CC[C@@H](C)CC[C@H]1[C@@H](C)[C@@H](O)C[C@H]2C(C)(C)CC[C@H](O[SiH3])[C@]12C. The molecule has 23 heavy (non-hydrogen) atoms. The number of rotatable bonds is 5. The van der Waals surface area contributed by atoms with Crippen LogP contribution in [0.1, 0.15) is 80.1 Å². The zero-order valence-electron chi connectivity index (χ0n) is 16.6. The van der Waals surface area contributed by atoms with Gasteiger partial charge in [-0.1, -0.05) is 54.4 Å². The molecule has 1 N–H and O–H groups in total. The quantitative estimate of drug-likeness (QED) is 0.768. The Morgan fingerprint density at radius 3 is 2.52 bits per heavy atom. The van der Waals surface area contributed by atoms with Crippen LogP contribution in [-0.4, -0.2) is 27.8 Å². The van der Waals surface area contributed by atoms with E-state index in [1.165, 1.54) is 32.1 Å². The minimum atomic E-state index is -0.137. The average Bonchev–Trinajstić information content (AvgIpc) is 2.49. The highest BCUT2D eigenvalue weighted by molar-refractivity contribution is 5.98. The summed E-state index contributed by atoms with van der Waals surface area (Å²) in [6.45, 7) is 14.3. The Morgan fingerprint density at radius 2 is 1.96 bits per heavy atom. The van der Waals surface area contributed by atoms with Crippen LogP contribution in [0.3, 0.4) is 0 Å². The summed E-state index contributed by atoms with van der Waals surface area (Å²) in [5.41, 5.74) is 0.552. The summed E-state index contributed by atoms with van der Waals surface area (Å²) in [5.74, 6) is 2.35. The van der Waals surface area contributed by atoms with E-state index in [2.05, 4.69) is 41.5 Å². The molecule has 2 fully saturated rings. The molecule has 0 aromatic heterocycles. The van der Waals surface area contributed by atoms with Crippen molar-refractivity contribution in [1.82, 2.24) is 0 Å². The van der Waals surface area contributed by atoms with Gasteiger partial charge in [0.05, 0.1) is 6.10 Å². The predicted molar refractivity (Wildman–Crippen MR) is 101 cm³/mol. The maximum Gasteiger partial charge on any atom is 0.146 e. The Kier molecular flexibility index (Phi) is 6.07. The molecule has 0 saturated heterocycles. The largest absolute Gasteiger partial charge is 0.424 e. The topological polar surface area (TPSA) is 29.5 Å². The summed E-state index contributed by atoms with van der Waals surface area (Å²) in [4.78, 5) is 0. The third-order valence-electron chi connectivity index (χ3n) is 7.91. The van der Waals surface area contributed by atoms with Crippen LogP contribution < -0.4 is 0 Å². The Morgan fingerprint density at radius 1 is 1.30 bits per heavy atom. The fraction of sp³-hybridized carbons (Fsp3) is 1.00. The molecule has 2 rings (SSSR count). The third-order valence-corrected chi connectivity index (χ3v) is 8.48. The standard InChI is InChI=1S/C20H40O2Si/c1-7-13(2)8-9-15-14(3)16(21)12-17-19(4,5)11-10-18(22-23)20(15,17)6/h13-18,21H,7-12H2,1-6,23H3/t13-,14-,15+,16+,17+,18+,20-/m1/s1. The number of hydrogen-bond acceptors (Lipinski definition) is 2. The Hall–Kier alpha value is 0.137. The van der Waals surface area contributed by atoms with Gasteiger partial charge in [-0.3, -0.25) is 0 Å². The normalized spacial score (nSPS) is 44.7. The highest BCUT2D eigenvalue weighted by Crippen LogP contribution is 2.62. The smallest absolute Gasteiger partial charge is 0.146 e. The van der Waals surface area contributed by atoms with Crippen LogP contribution >= 0.6 is 0 Å². The summed E-state index contributed by atoms with van der Waals surface area (Å²) in [6, 6.07) is 0. The van der Waals surface area contributed by atoms with Crippen molar-refractivity contribution in [3.8, 4) is 0 Å². The van der Waals surface area contributed by atoms with E-state index in [1.807, 2.05) is 0 Å². The molecular formula is C20H40O2Si. The summed E-state index contributed by atoms with van der Waals surface area (Å²) in [7, 11) is 0.826. The van der Waals surface area contributed by atoms with Gasteiger partial charge in [0.1, 0.15) is 10.5 Å². The molecular weight excluding hydrogens is 300 g/mol. The third kappa shape index (κ3) is 3.43. The van der Waals surface area contributed by atoms with Gasteiger partial charge >= 0.3 is 0 Å². The molecule has 2 nitrogen and oxygen atoms in total. The average molecular weight is 341 g/mol. The monoisotopic (exact) mass is 340 g/mol. The molecule has 0 spiro atoms. The summed E-state index contributed by atoms with van der Waals surface area (Å²) in [5, 5.41) is 10.8. The Labute approximate surface area is 147 Å². The van der Waals surface area contributed by atoms with Gasteiger partial charge in [0.15, 0.2) is 0 Å². The van der Waals surface area contributed by atoms with E-state index in [0.29, 0.717) is 29.3 Å². The van der Waals surface area contributed by atoms with Crippen molar-refractivity contribution in [1.29, 1.82) is 0 Å². The zero-order chi connectivity index (χ0) is 17.4. The molecule has 0 aromatic carbocycles. The van der Waals surface area contributed by atoms with Gasteiger partial charge in [0, 0.05) is 6.10 Å². The van der Waals surface area contributed by atoms with Crippen molar-refractivity contribution in [3.63, 3.8) is 0 Å². The van der Waals surface area contributed by atoms with Crippen LogP contribution in [0.4, 0.5) is 0 Å². The second-order valence-corrected chi connectivity index (χ2v) is 10.0. The highest BCUT2D eigenvalue weighted by Gasteiger charge is 2.59. The van der Waals surface area contributed by atoms with Crippen LogP contribution in [0.2, 0.25) is 0 Å². The molecule has 0 aliphatic heterocycles. The lowest BCUT2D eigenvalue weighted by Crippen LogP contribution is -2.61. The number of aliphatic hydroxyl groups is 1. The van der Waals surface area contributed by atoms with Crippen LogP contribution in [0.5, 0.6) is 0 Å². The number of fused-ring (bicyclic) bond motifs is 1. The Bertz CT molecular complexity index is 397. The minimum Gasteiger partial charge on any atom is -0.424 e. The second-order valence-electron chi connectivity index (χ2n) is 9.53. The minimum absolute atomic E-state index is 0.137.